The molecular weight excluding hydrogens is 290 g/mol. The van der Waals surface area contributed by atoms with E-state index < -0.39 is 0 Å². The van der Waals surface area contributed by atoms with Crippen LogP contribution in [0.5, 0.6) is 0 Å². The number of carbonyl (C=O) groups is 1. The molecule has 0 aliphatic carbocycles. The van der Waals surface area contributed by atoms with Gasteiger partial charge in [-0.2, -0.15) is 0 Å². The molecule has 4 nitrogen and oxygen atoms in total. The number of pyridine rings is 1. The monoisotopic (exact) mass is 297 g/mol. The first kappa shape index (κ1) is 11.1. The van der Waals surface area contributed by atoms with Crippen LogP contribution in [0.3, 0.4) is 0 Å². The first-order chi connectivity index (χ1) is 7.68. The molecule has 2 heterocycles. The van der Waals surface area contributed by atoms with Crippen molar-refractivity contribution in [2.75, 3.05) is 11.1 Å². The van der Waals surface area contributed by atoms with Crippen molar-refractivity contribution < 1.29 is 4.79 Å². The van der Waals surface area contributed by atoms with E-state index >= 15 is 0 Å². The molecule has 2 aromatic rings. The summed E-state index contributed by atoms with van der Waals surface area (Å²) in [6, 6.07) is 5.28. The van der Waals surface area contributed by atoms with Gasteiger partial charge in [-0.15, -0.1) is 11.3 Å². The molecule has 0 aromatic carbocycles. The van der Waals surface area contributed by atoms with Gasteiger partial charge in [-0.1, -0.05) is 0 Å². The molecule has 2 aromatic heterocycles. The van der Waals surface area contributed by atoms with E-state index in [1.54, 1.807) is 29.8 Å². The fraction of sp³-hybridized carbons (Fsp3) is 0. The number of aromatic nitrogens is 1. The Kier molecular flexibility index (Phi) is 3.21. The van der Waals surface area contributed by atoms with Gasteiger partial charge in [0.25, 0.3) is 5.91 Å². The highest BCUT2D eigenvalue weighted by atomic mass is 79.9. The Bertz CT molecular complexity index is 526. The topological polar surface area (TPSA) is 68.0 Å². The highest BCUT2D eigenvalue weighted by molar-refractivity contribution is 9.10. The second-order valence-corrected chi connectivity index (χ2v) is 4.76. The molecule has 0 radical (unpaired) electrons. The van der Waals surface area contributed by atoms with E-state index in [0.717, 1.165) is 4.47 Å². The van der Waals surface area contributed by atoms with E-state index in [2.05, 4.69) is 26.2 Å². The number of thiophene rings is 1. The molecule has 0 aliphatic heterocycles. The molecule has 0 atom stereocenters. The summed E-state index contributed by atoms with van der Waals surface area (Å²) in [5.41, 5.74) is 6.13. The highest BCUT2D eigenvalue weighted by Gasteiger charge is 2.12. The van der Waals surface area contributed by atoms with E-state index in [0.29, 0.717) is 16.4 Å². The summed E-state index contributed by atoms with van der Waals surface area (Å²) < 4.78 is 0.735. The van der Waals surface area contributed by atoms with Crippen molar-refractivity contribution in [2.45, 2.75) is 0 Å². The van der Waals surface area contributed by atoms with Gasteiger partial charge in [0.15, 0.2) is 0 Å². The number of anilines is 2. The summed E-state index contributed by atoms with van der Waals surface area (Å²) in [6.45, 7) is 0. The Hall–Kier alpha value is -1.40. The molecular formula is C10H8BrN3OS. The van der Waals surface area contributed by atoms with E-state index in [1.807, 2.05) is 0 Å². The molecule has 0 fully saturated rings. The van der Waals surface area contributed by atoms with Crippen LogP contribution in [0.4, 0.5) is 11.5 Å². The van der Waals surface area contributed by atoms with E-state index in [1.165, 1.54) is 11.3 Å². The lowest BCUT2D eigenvalue weighted by Crippen LogP contribution is -2.13. The number of nitrogen functional groups attached to an aromatic ring is 1. The molecule has 0 aliphatic rings. The number of hydrogen-bond acceptors (Lipinski definition) is 4. The van der Waals surface area contributed by atoms with Crippen LogP contribution in [0, 0.1) is 0 Å². The van der Waals surface area contributed by atoms with Gasteiger partial charge >= 0.3 is 0 Å². The number of nitrogens with two attached hydrogens (primary N) is 1. The van der Waals surface area contributed by atoms with Crippen LogP contribution in [0.2, 0.25) is 0 Å². The van der Waals surface area contributed by atoms with Crippen molar-refractivity contribution in [3.05, 3.63) is 39.1 Å². The molecule has 0 saturated carbocycles. The summed E-state index contributed by atoms with van der Waals surface area (Å²) in [5, 5.41) is 4.46. The van der Waals surface area contributed by atoms with Crippen molar-refractivity contribution in [3.8, 4) is 0 Å². The minimum absolute atomic E-state index is 0.244. The fourth-order valence-corrected chi connectivity index (χ4v) is 2.21. The maximum absolute atomic E-state index is 11.8. The van der Waals surface area contributed by atoms with Crippen LogP contribution >= 0.6 is 27.3 Å². The number of nitrogens with one attached hydrogen (secondary N) is 1. The molecule has 82 valence electrons. The van der Waals surface area contributed by atoms with E-state index in [9.17, 15) is 4.79 Å². The predicted octanol–water partition coefficient (Wildman–Crippen LogP) is 2.74. The van der Waals surface area contributed by atoms with Crippen LogP contribution in [0.15, 0.2) is 34.2 Å². The second kappa shape index (κ2) is 4.63. The van der Waals surface area contributed by atoms with Crippen LogP contribution in [-0.4, -0.2) is 10.9 Å². The zero-order valence-electron chi connectivity index (χ0n) is 8.11. The summed E-state index contributed by atoms with van der Waals surface area (Å²) in [7, 11) is 0. The number of halogens is 1. The third-order valence-corrected chi connectivity index (χ3v) is 3.46. The SMILES string of the molecule is Nc1ccsc1C(=O)Nc1ncccc1Br. The Morgan fingerprint density at radius 3 is 2.94 bits per heavy atom. The van der Waals surface area contributed by atoms with E-state index in [4.69, 9.17) is 5.73 Å². The zero-order chi connectivity index (χ0) is 11.5. The Balaban J connectivity index is 2.21. The van der Waals surface area contributed by atoms with Gasteiger partial charge in [-0.05, 0) is 39.5 Å². The second-order valence-electron chi connectivity index (χ2n) is 2.99. The van der Waals surface area contributed by atoms with Gasteiger partial charge < -0.3 is 11.1 Å². The molecule has 16 heavy (non-hydrogen) atoms. The Morgan fingerprint density at radius 1 is 1.50 bits per heavy atom. The first-order valence-corrected chi connectivity index (χ1v) is 6.10. The summed E-state index contributed by atoms with van der Waals surface area (Å²) >= 11 is 4.60. The lowest BCUT2D eigenvalue weighted by molar-refractivity contribution is 0.103. The third kappa shape index (κ3) is 2.23. The minimum atomic E-state index is -0.244. The molecule has 1 amide bonds. The highest BCUT2D eigenvalue weighted by Crippen LogP contribution is 2.23. The largest absolute Gasteiger partial charge is 0.397 e. The average molecular weight is 298 g/mol. The molecule has 2 rings (SSSR count). The lowest BCUT2D eigenvalue weighted by atomic mass is 10.3. The standard InChI is InChI=1S/C10H8BrN3OS/c11-6-2-1-4-13-9(6)14-10(15)8-7(12)3-5-16-8/h1-5H,12H2,(H,13,14,15). The molecule has 0 spiro atoms. The zero-order valence-corrected chi connectivity index (χ0v) is 10.5. The third-order valence-electron chi connectivity index (χ3n) is 1.89. The number of rotatable bonds is 2. The minimum Gasteiger partial charge on any atom is -0.397 e. The van der Waals surface area contributed by atoms with Gasteiger partial charge in [-0.3, -0.25) is 4.79 Å². The first-order valence-electron chi connectivity index (χ1n) is 4.43. The van der Waals surface area contributed by atoms with Crippen molar-refractivity contribution in [2.24, 2.45) is 0 Å². The fourth-order valence-electron chi connectivity index (χ4n) is 1.15. The van der Waals surface area contributed by atoms with Crippen LogP contribution in [-0.2, 0) is 0 Å². The van der Waals surface area contributed by atoms with Gasteiger partial charge in [0.2, 0.25) is 0 Å². The Labute approximate surface area is 105 Å². The van der Waals surface area contributed by atoms with Crippen molar-refractivity contribution in [1.29, 1.82) is 0 Å². The van der Waals surface area contributed by atoms with Crippen LogP contribution in [0.25, 0.3) is 0 Å². The van der Waals surface area contributed by atoms with Crippen molar-refractivity contribution in [3.63, 3.8) is 0 Å². The quantitative estimate of drug-likeness (QED) is 0.895. The molecule has 6 heteroatoms. The molecule has 3 N–H and O–H groups in total. The van der Waals surface area contributed by atoms with Gasteiger partial charge in [0, 0.05) is 6.20 Å². The van der Waals surface area contributed by atoms with Crippen LogP contribution < -0.4 is 11.1 Å². The van der Waals surface area contributed by atoms with Crippen molar-refractivity contribution >= 4 is 44.7 Å². The predicted molar refractivity (Wildman–Crippen MR) is 68.6 cm³/mol. The number of hydrogen-bond donors (Lipinski definition) is 2. The normalized spacial score (nSPS) is 10.1. The lowest BCUT2D eigenvalue weighted by Gasteiger charge is -2.04. The van der Waals surface area contributed by atoms with E-state index in [-0.39, 0.29) is 5.91 Å². The molecule has 0 unspecified atom stereocenters. The molecule has 0 saturated heterocycles. The smallest absolute Gasteiger partial charge is 0.269 e. The number of carbonyl (C=O) groups excluding carboxylic acids is 1. The van der Waals surface area contributed by atoms with Crippen LogP contribution in [0.1, 0.15) is 9.67 Å². The van der Waals surface area contributed by atoms with Gasteiger partial charge in [0.05, 0.1) is 10.2 Å². The van der Waals surface area contributed by atoms with Gasteiger partial charge in [-0.25, -0.2) is 4.98 Å². The molecule has 0 bridgehead atoms. The average Bonchev–Trinajstić information content (AvgIpc) is 2.68. The maximum atomic E-state index is 11.8. The summed E-state index contributed by atoms with van der Waals surface area (Å²) in [5.74, 6) is 0.243. The number of nitrogens with zero attached hydrogens (tertiary/aromatic N) is 1. The maximum Gasteiger partial charge on any atom is 0.269 e. The summed E-state index contributed by atoms with van der Waals surface area (Å²) in [4.78, 5) is 16.3. The van der Waals surface area contributed by atoms with Crippen molar-refractivity contribution in [1.82, 2.24) is 4.98 Å². The Morgan fingerprint density at radius 2 is 2.31 bits per heavy atom. The van der Waals surface area contributed by atoms with Gasteiger partial charge in [0.1, 0.15) is 10.7 Å². The summed E-state index contributed by atoms with van der Waals surface area (Å²) in [6.07, 6.45) is 1.61. The number of amides is 1.